The van der Waals surface area contributed by atoms with Gasteiger partial charge in [0, 0.05) is 26.2 Å². The molecule has 8 nitrogen and oxygen atoms in total. The van der Waals surface area contributed by atoms with Gasteiger partial charge in [0.25, 0.3) is 5.56 Å². The van der Waals surface area contributed by atoms with E-state index >= 15 is 0 Å². The SMILES string of the molecule is NS(=O)(=O)c1ccccc1N1CCN(c2cn[nH]c(=O)c2Cl)CC1. The molecule has 2 heterocycles. The van der Waals surface area contributed by atoms with Crippen molar-refractivity contribution in [1.82, 2.24) is 10.2 Å². The number of hydrogen-bond donors (Lipinski definition) is 2. The van der Waals surface area contributed by atoms with E-state index in [0.29, 0.717) is 37.6 Å². The zero-order valence-electron chi connectivity index (χ0n) is 12.6. The molecule has 3 N–H and O–H groups in total. The fraction of sp³-hybridized carbons (Fsp3) is 0.286. The Labute approximate surface area is 143 Å². The largest absolute Gasteiger partial charge is 0.367 e. The number of nitrogens with two attached hydrogens (primary N) is 1. The smallest absolute Gasteiger partial charge is 0.285 e. The molecule has 3 rings (SSSR count). The van der Waals surface area contributed by atoms with E-state index in [1.165, 1.54) is 12.3 Å². The number of anilines is 2. The Morgan fingerprint density at radius 1 is 1.08 bits per heavy atom. The van der Waals surface area contributed by atoms with Crippen LogP contribution in [0.2, 0.25) is 5.02 Å². The number of benzene rings is 1. The van der Waals surface area contributed by atoms with E-state index in [1.807, 2.05) is 9.80 Å². The second kappa shape index (κ2) is 6.42. The summed E-state index contributed by atoms with van der Waals surface area (Å²) in [7, 11) is -3.79. The summed E-state index contributed by atoms with van der Waals surface area (Å²) >= 11 is 6.03. The minimum Gasteiger partial charge on any atom is -0.367 e. The molecule has 0 aliphatic carbocycles. The molecule has 10 heteroatoms. The highest BCUT2D eigenvalue weighted by molar-refractivity contribution is 7.89. The van der Waals surface area contributed by atoms with Gasteiger partial charge in [-0.25, -0.2) is 18.7 Å². The quantitative estimate of drug-likeness (QED) is 0.809. The van der Waals surface area contributed by atoms with Crippen molar-refractivity contribution in [2.24, 2.45) is 5.14 Å². The van der Waals surface area contributed by atoms with E-state index in [0.717, 1.165) is 0 Å². The van der Waals surface area contributed by atoms with Crippen molar-refractivity contribution in [1.29, 1.82) is 0 Å². The molecular formula is C14H16ClN5O3S. The minimum atomic E-state index is -3.79. The van der Waals surface area contributed by atoms with E-state index in [9.17, 15) is 13.2 Å². The van der Waals surface area contributed by atoms with Crippen molar-refractivity contribution < 1.29 is 8.42 Å². The van der Waals surface area contributed by atoms with Crippen LogP contribution in [0.15, 0.2) is 40.2 Å². The first-order valence-electron chi connectivity index (χ1n) is 7.23. The van der Waals surface area contributed by atoms with Crippen LogP contribution in [0.3, 0.4) is 0 Å². The lowest BCUT2D eigenvalue weighted by Gasteiger charge is -2.37. The van der Waals surface area contributed by atoms with Crippen LogP contribution in [0.25, 0.3) is 0 Å². The van der Waals surface area contributed by atoms with Gasteiger partial charge in [0.1, 0.15) is 9.92 Å². The van der Waals surface area contributed by atoms with Gasteiger partial charge in [-0.15, -0.1) is 0 Å². The van der Waals surface area contributed by atoms with E-state index < -0.39 is 15.6 Å². The van der Waals surface area contributed by atoms with Gasteiger partial charge >= 0.3 is 0 Å². The summed E-state index contributed by atoms with van der Waals surface area (Å²) in [5.74, 6) is 0. The number of aromatic nitrogens is 2. The third-order valence-corrected chi connectivity index (χ3v) is 5.23. The molecule has 1 aliphatic rings. The Kier molecular flexibility index (Phi) is 4.48. The zero-order valence-corrected chi connectivity index (χ0v) is 14.2. The number of piperazine rings is 1. The highest BCUT2D eigenvalue weighted by atomic mass is 35.5. The van der Waals surface area contributed by atoms with Crippen LogP contribution < -0.4 is 20.5 Å². The summed E-state index contributed by atoms with van der Waals surface area (Å²) in [5.41, 5.74) is 0.714. The average Bonchev–Trinajstić information content (AvgIpc) is 2.57. The highest BCUT2D eigenvalue weighted by Gasteiger charge is 2.24. The van der Waals surface area contributed by atoms with E-state index in [1.54, 1.807) is 18.2 Å². The Hall–Kier alpha value is -2.10. The maximum atomic E-state index is 11.7. The molecule has 2 aromatic rings. The van der Waals surface area contributed by atoms with Gasteiger partial charge in [-0.2, -0.15) is 5.10 Å². The lowest BCUT2D eigenvalue weighted by Crippen LogP contribution is -2.47. The number of nitrogens with one attached hydrogen (secondary N) is 1. The number of sulfonamides is 1. The lowest BCUT2D eigenvalue weighted by atomic mass is 10.2. The predicted molar refractivity (Wildman–Crippen MR) is 92.1 cm³/mol. The van der Waals surface area contributed by atoms with Crippen molar-refractivity contribution in [2.45, 2.75) is 4.90 Å². The molecule has 0 radical (unpaired) electrons. The number of H-pyrrole nitrogens is 1. The first-order chi connectivity index (χ1) is 11.4. The number of primary sulfonamides is 1. The van der Waals surface area contributed by atoms with Gasteiger partial charge < -0.3 is 9.80 Å². The second-order valence-corrected chi connectivity index (χ2v) is 7.29. The Balaban J connectivity index is 1.82. The van der Waals surface area contributed by atoms with Gasteiger partial charge in [0.05, 0.1) is 17.6 Å². The summed E-state index contributed by atoms with van der Waals surface area (Å²) in [4.78, 5) is 15.6. The summed E-state index contributed by atoms with van der Waals surface area (Å²) in [6.07, 6.45) is 1.51. The van der Waals surface area contributed by atoms with E-state index in [-0.39, 0.29) is 9.92 Å². The second-order valence-electron chi connectivity index (χ2n) is 5.39. The Morgan fingerprint density at radius 2 is 1.67 bits per heavy atom. The predicted octanol–water partition coefficient (Wildman–Crippen LogP) is 0.397. The number of rotatable bonds is 3. The van der Waals surface area contributed by atoms with Crippen LogP contribution in [0.1, 0.15) is 0 Å². The van der Waals surface area contributed by atoms with E-state index in [4.69, 9.17) is 16.7 Å². The summed E-state index contributed by atoms with van der Waals surface area (Å²) in [6, 6.07) is 6.64. The molecule has 1 fully saturated rings. The minimum absolute atomic E-state index is 0.100. The molecule has 1 aliphatic heterocycles. The van der Waals surface area contributed by atoms with Crippen LogP contribution in [0.5, 0.6) is 0 Å². The molecule has 0 unspecified atom stereocenters. The lowest BCUT2D eigenvalue weighted by molar-refractivity contribution is 0.595. The molecule has 0 bridgehead atoms. The molecule has 0 atom stereocenters. The van der Waals surface area contributed by atoms with Gasteiger partial charge in [-0.3, -0.25) is 4.79 Å². The number of nitrogens with zero attached hydrogens (tertiary/aromatic N) is 3. The molecular weight excluding hydrogens is 354 g/mol. The Bertz CT molecular complexity index is 907. The third kappa shape index (κ3) is 3.23. The van der Waals surface area contributed by atoms with E-state index in [2.05, 4.69) is 10.2 Å². The number of aromatic amines is 1. The summed E-state index contributed by atoms with van der Waals surface area (Å²) < 4.78 is 23.5. The molecule has 0 saturated carbocycles. The van der Waals surface area contributed by atoms with Crippen molar-refractivity contribution in [3.05, 3.63) is 45.8 Å². The summed E-state index contributed by atoms with van der Waals surface area (Å²) in [6.45, 7) is 2.28. The van der Waals surface area contributed by atoms with Crippen LogP contribution in [-0.2, 0) is 10.0 Å². The van der Waals surface area contributed by atoms with Crippen LogP contribution in [0, 0.1) is 0 Å². The van der Waals surface area contributed by atoms with Crippen LogP contribution >= 0.6 is 11.6 Å². The first-order valence-corrected chi connectivity index (χ1v) is 9.15. The van der Waals surface area contributed by atoms with Gasteiger partial charge in [0.2, 0.25) is 10.0 Å². The van der Waals surface area contributed by atoms with Crippen LogP contribution in [-0.4, -0.2) is 44.8 Å². The number of halogens is 1. The fourth-order valence-corrected chi connectivity index (χ4v) is 3.71. The van der Waals surface area contributed by atoms with Crippen molar-refractivity contribution in [3.63, 3.8) is 0 Å². The topological polar surface area (TPSA) is 112 Å². The monoisotopic (exact) mass is 369 g/mol. The Morgan fingerprint density at radius 3 is 2.29 bits per heavy atom. The van der Waals surface area contributed by atoms with Crippen molar-refractivity contribution >= 4 is 33.0 Å². The van der Waals surface area contributed by atoms with Gasteiger partial charge in [0.15, 0.2) is 0 Å². The molecule has 0 amide bonds. The number of hydrogen-bond acceptors (Lipinski definition) is 6. The normalized spacial score (nSPS) is 15.6. The van der Waals surface area contributed by atoms with Crippen molar-refractivity contribution in [3.8, 4) is 0 Å². The standard InChI is InChI=1S/C14H16ClN5O3S/c15-13-11(9-17-18-14(13)21)20-7-5-19(6-8-20)10-3-1-2-4-12(10)24(16,22)23/h1-4,9H,5-8H2,(H,18,21)(H2,16,22,23). The first kappa shape index (κ1) is 16.7. The maximum Gasteiger partial charge on any atom is 0.285 e. The molecule has 128 valence electrons. The number of para-hydroxylation sites is 1. The zero-order chi connectivity index (χ0) is 17.3. The van der Waals surface area contributed by atoms with Gasteiger partial charge in [-0.1, -0.05) is 23.7 Å². The summed E-state index contributed by atoms with van der Waals surface area (Å²) in [5, 5.41) is 11.4. The third-order valence-electron chi connectivity index (χ3n) is 3.91. The molecule has 1 aromatic heterocycles. The van der Waals surface area contributed by atoms with Crippen molar-refractivity contribution in [2.75, 3.05) is 36.0 Å². The molecule has 0 spiro atoms. The van der Waals surface area contributed by atoms with Crippen LogP contribution in [0.4, 0.5) is 11.4 Å². The molecule has 1 aromatic carbocycles. The maximum absolute atomic E-state index is 11.7. The fourth-order valence-electron chi connectivity index (χ4n) is 2.74. The highest BCUT2D eigenvalue weighted by Crippen LogP contribution is 2.27. The molecule has 1 saturated heterocycles. The van der Waals surface area contributed by atoms with Gasteiger partial charge in [-0.05, 0) is 12.1 Å². The average molecular weight is 370 g/mol. The molecule has 24 heavy (non-hydrogen) atoms.